The number of halogens is 1. The second-order valence-corrected chi connectivity index (χ2v) is 3.92. The molecule has 0 saturated heterocycles. The van der Waals surface area contributed by atoms with Gasteiger partial charge in [0.1, 0.15) is 4.60 Å². The Labute approximate surface area is 96.4 Å². The zero-order valence-corrected chi connectivity index (χ0v) is 9.78. The SMILES string of the molecule is CC(CC#N)NC(=O)c1ccc(Br)nc1. The third-order valence-electron chi connectivity index (χ3n) is 1.76. The predicted octanol–water partition coefficient (Wildman–Crippen LogP) is 1.88. The van der Waals surface area contributed by atoms with E-state index in [0.29, 0.717) is 16.6 Å². The highest BCUT2D eigenvalue weighted by Crippen LogP contribution is 2.06. The molecule has 0 aliphatic carbocycles. The van der Waals surface area contributed by atoms with E-state index < -0.39 is 0 Å². The van der Waals surface area contributed by atoms with Crippen molar-refractivity contribution >= 4 is 21.8 Å². The largest absolute Gasteiger partial charge is 0.349 e. The first-order valence-electron chi connectivity index (χ1n) is 4.43. The second-order valence-electron chi connectivity index (χ2n) is 3.11. The number of aromatic nitrogens is 1. The summed E-state index contributed by atoms with van der Waals surface area (Å²) >= 11 is 3.18. The van der Waals surface area contributed by atoms with Crippen LogP contribution >= 0.6 is 15.9 Å². The predicted molar refractivity (Wildman–Crippen MR) is 59.1 cm³/mol. The van der Waals surface area contributed by atoms with Gasteiger partial charge in [0, 0.05) is 12.2 Å². The minimum absolute atomic E-state index is 0.147. The van der Waals surface area contributed by atoms with Gasteiger partial charge in [0.05, 0.1) is 18.1 Å². The van der Waals surface area contributed by atoms with Crippen molar-refractivity contribution in [3.63, 3.8) is 0 Å². The summed E-state index contributed by atoms with van der Waals surface area (Å²) in [6, 6.07) is 5.22. The summed E-state index contributed by atoms with van der Waals surface area (Å²) in [7, 11) is 0. The van der Waals surface area contributed by atoms with Crippen molar-refractivity contribution in [1.82, 2.24) is 10.3 Å². The Bertz CT molecular complexity index is 383. The molecule has 1 rings (SSSR count). The number of nitrogens with one attached hydrogen (secondary N) is 1. The van der Waals surface area contributed by atoms with Crippen LogP contribution in [0.5, 0.6) is 0 Å². The highest BCUT2D eigenvalue weighted by molar-refractivity contribution is 9.10. The molecule has 15 heavy (non-hydrogen) atoms. The van der Waals surface area contributed by atoms with Crippen LogP contribution in [0.3, 0.4) is 0 Å². The van der Waals surface area contributed by atoms with Gasteiger partial charge in [-0.3, -0.25) is 4.79 Å². The Hall–Kier alpha value is -1.41. The molecule has 0 aliphatic heterocycles. The first kappa shape index (κ1) is 11.7. The first-order valence-corrected chi connectivity index (χ1v) is 5.22. The maximum absolute atomic E-state index is 11.6. The highest BCUT2D eigenvalue weighted by atomic mass is 79.9. The van der Waals surface area contributed by atoms with Gasteiger partial charge in [-0.1, -0.05) is 0 Å². The monoisotopic (exact) mass is 267 g/mol. The van der Waals surface area contributed by atoms with E-state index in [2.05, 4.69) is 26.2 Å². The molecule has 78 valence electrons. The summed E-state index contributed by atoms with van der Waals surface area (Å²) in [4.78, 5) is 15.5. The Morgan fingerprint density at radius 1 is 1.73 bits per heavy atom. The van der Waals surface area contributed by atoms with Crippen molar-refractivity contribution in [2.24, 2.45) is 0 Å². The van der Waals surface area contributed by atoms with Crippen LogP contribution in [-0.4, -0.2) is 16.9 Å². The lowest BCUT2D eigenvalue weighted by molar-refractivity contribution is 0.0940. The number of nitriles is 1. The van der Waals surface area contributed by atoms with Gasteiger partial charge in [-0.15, -0.1) is 0 Å². The standard InChI is InChI=1S/C10H10BrN3O/c1-7(4-5-12)14-10(15)8-2-3-9(11)13-6-8/h2-3,6-7H,4H2,1H3,(H,14,15). The van der Waals surface area contributed by atoms with Crippen molar-refractivity contribution in [1.29, 1.82) is 5.26 Å². The fourth-order valence-corrected chi connectivity index (χ4v) is 1.24. The fourth-order valence-electron chi connectivity index (χ4n) is 1.01. The quantitative estimate of drug-likeness (QED) is 0.851. The smallest absolute Gasteiger partial charge is 0.253 e. The van der Waals surface area contributed by atoms with E-state index in [1.807, 2.05) is 6.07 Å². The number of nitrogens with zero attached hydrogens (tertiary/aromatic N) is 2. The van der Waals surface area contributed by atoms with Crippen LogP contribution in [0, 0.1) is 11.3 Å². The molecule has 0 aromatic carbocycles. The van der Waals surface area contributed by atoms with Crippen molar-refractivity contribution < 1.29 is 4.79 Å². The molecule has 5 heteroatoms. The molecule has 0 saturated carbocycles. The molecule has 1 aromatic rings. The van der Waals surface area contributed by atoms with Crippen molar-refractivity contribution in [2.45, 2.75) is 19.4 Å². The summed E-state index contributed by atoms with van der Waals surface area (Å²) < 4.78 is 0.684. The van der Waals surface area contributed by atoms with Crippen LogP contribution in [-0.2, 0) is 0 Å². The molecule has 0 radical (unpaired) electrons. The van der Waals surface area contributed by atoms with Gasteiger partial charge in [0.25, 0.3) is 5.91 Å². The molecule has 0 aliphatic rings. The van der Waals surface area contributed by atoms with Gasteiger partial charge in [-0.2, -0.15) is 5.26 Å². The van der Waals surface area contributed by atoms with Gasteiger partial charge in [-0.25, -0.2) is 4.98 Å². The Kier molecular flexibility index (Phi) is 4.25. The molecular formula is C10H10BrN3O. The van der Waals surface area contributed by atoms with E-state index in [1.54, 1.807) is 19.1 Å². The molecule has 0 fully saturated rings. The average Bonchev–Trinajstić information content (AvgIpc) is 2.18. The van der Waals surface area contributed by atoms with E-state index in [1.165, 1.54) is 6.20 Å². The molecule has 1 unspecified atom stereocenters. The van der Waals surface area contributed by atoms with Crippen LogP contribution in [0.1, 0.15) is 23.7 Å². The number of rotatable bonds is 3. The van der Waals surface area contributed by atoms with Crippen LogP contribution in [0.4, 0.5) is 0 Å². The zero-order chi connectivity index (χ0) is 11.3. The fraction of sp³-hybridized carbons (Fsp3) is 0.300. The summed E-state index contributed by atoms with van der Waals surface area (Å²) in [5.41, 5.74) is 0.489. The maximum Gasteiger partial charge on any atom is 0.253 e. The number of pyridine rings is 1. The van der Waals surface area contributed by atoms with E-state index in [9.17, 15) is 4.79 Å². The Balaban J connectivity index is 2.62. The van der Waals surface area contributed by atoms with Crippen LogP contribution in [0.2, 0.25) is 0 Å². The minimum Gasteiger partial charge on any atom is -0.349 e. The van der Waals surface area contributed by atoms with Gasteiger partial charge < -0.3 is 5.32 Å². The van der Waals surface area contributed by atoms with Crippen molar-refractivity contribution in [2.75, 3.05) is 0 Å². The normalized spacial score (nSPS) is 11.5. The van der Waals surface area contributed by atoms with Crippen molar-refractivity contribution in [3.05, 3.63) is 28.5 Å². The van der Waals surface area contributed by atoms with E-state index in [0.717, 1.165) is 0 Å². The molecular weight excluding hydrogens is 258 g/mol. The molecule has 0 bridgehead atoms. The molecule has 1 heterocycles. The van der Waals surface area contributed by atoms with Crippen LogP contribution in [0.25, 0.3) is 0 Å². The molecule has 1 N–H and O–H groups in total. The number of hydrogen-bond acceptors (Lipinski definition) is 3. The van der Waals surface area contributed by atoms with Crippen LogP contribution in [0.15, 0.2) is 22.9 Å². The third kappa shape index (κ3) is 3.68. The Morgan fingerprint density at radius 3 is 3.00 bits per heavy atom. The Morgan fingerprint density at radius 2 is 2.47 bits per heavy atom. The lowest BCUT2D eigenvalue weighted by atomic mass is 10.2. The second kappa shape index (κ2) is 5.47. The lowest BCUT2D eigenvalue weighted by Crippen LogP contribution is -2.32. The van der Waals surface area contributed by atoms with E-state index in [4.69, 9.17) is 5.26 Å². The number of amides is 1. The highest BCUT2D eigenvalue weighted by Gasteiger charge is 2.09. The van der Waals surface area contributed by atoms with Gasteiger partial charge in [-0.05, 0) is 35.0 Å². The minimum atomic E-state index is -0.210. The van der Waals surface area contributed by atoms with E-state index in [-0.39, 0.29) is 11.9 Å². The van der Waals surface area contributed by atoms with Gasteiger partial charge in [0.2, 0.25) is 0 Å². The first-order chi connectivity index (χ1) is 7.13. The maximum atomic E-state index is 11.6. The number of carbonyl (C=O) groups excluding carboxylic acids is 1. The summed E-state index contributed by atoms with van der Waals surface area (Å²) in [6.07, 6.45) is 1.79. The van der Waals surface area contributed by atoms with Crippen molar-refractivity contribution in [3.8, 4) is 6.07 Å². The molecule has 0 spiro atoms. The summed E-state index contributed by atoms with van der Waals surface area (Å²) in [5, 5.41) is 11.1. The lowest BCUT2D eigenvalue weighted by Gasteiger charge is -2.09. The zero-order valence-electron chi connectivity index (χ0n) is 8.20. The average molecular weight is 268 g/mol. The molecule has 4 nitrogen and oxygen atoms in total. The van der Waals surface area contributed by atoms with Crippen LogP contribution < -0.4 is 5.32 Å². The summed E-state index contributed by atoms with van der Waals surface area (Å²) in [5.74, 6) is -0.210. The van der Waals surface area contributed by atoms with E-state index >= 15 is 0 Å². The molecule has 1 aromatic heterocycles. The molecule has 1 atom stereocenters. The topological polar surface area (TPSA) is 65.8 Å². The third-order valence-corrected chi connectivity index (χ3v) is 2.23. The summed E-state index contributed by atoms with van der Waals surface area (Å²) in [6.45, 7) is 1.79. The number of hydrogen-bond donors (Lipinski definition) is 1. The van der Waals surface area contributed by atoms with Gasteiger partial charge >= 0.3 is 0 Å². The van der Waals surface area contributed by atoms with Gasteiger partial charge in [0.15, 0.2) is 0 Å². The molecule has 1 amide bonds. The number of carbonyl (C=O) groups is 1.